The van der Waals surface area contributed by atoms with Crippen molar-refractivity contribution < 1.29 is 9.53 Å². The second-order valence-corrected chi connectivity index (χ2v) is 6.38. The number of carbonyl (C=O) groups excluding carboxylic acids is 1. The molecule has 0 aliphatic rings. The molecular weight excluding hydrogens is 352 g/mol. The number of rotatable bonds is 5. The van der Waals surface area contributed by atoms with Crippen molar-refractivity contribution in [3.8, 4) is 5.75 Å². The van der Waals surface area contributed by atoms with E-state index in [0.29, 0.717) is 5.75 Å². The molecule has 1 heterocycles. The number of benzene rings is 1. The second kappa shape index (κ2) is 7.38. The molecule has 110 valence electrons. The van der Waals surface area contributed by atoms with Crippen LogP contribution in [0.5, 0.6) is 5.75 Å². The highest BCUT2D eigenvalue weighted by Gasteiger charge is 2.04. The Morgan fingerprint density at radius 1 is 1.43 bits per heavy atom. The van der Waals surface area contributed by atoms with Gasteiger partial charge in [0.2, 0.25) is 0 Å². The molecule has 0 bridgehead atoms. The molecule has 6 heteroatoms. The van der Waals surface area contributed by atoms with Crippen LogP contribution in [-0.2, 0) is 4.79 Å². The zero-order valence-corrected chi connectivity index (χ0v) is 14.1. The largest absolute Gasteiger partial charge is 0.483 e. The molecule has 0 unspecified atom stereocenters. The van der Waals surface area contributed by atoms with E-state index in [-0.39, 0.29) is 12.5 Å². The molecule has 0 aliphatic heterocycles. The summed E-state index contributed by atoms with van der Waals surface area (Å²) in [5.74, 6) is 0.420. The first-order valence-corrected chi connectivity index (χ1v) is 7.98. The van der Waals surface area contributed by atoms with E-state index >= 15 is 0 Å². The van der Waals surface area contributed by atoms with E-state index in [4.69, 9.17) is 4.74 Å². The van der Waals surface area contributed by atoms with Crippen LogP contribution in [0.3, 0.4) is 0 Å². The van der Waals surface area contributed by atoms with Crippen LogP contribution in [0.15, 0.2) is 39.2 Å². The summed E-state index contributed by atoms with van der Waals surface area (Å²) in [5.41, 5.74) is 4.61. The molecule has 0 saturated heterocycles. The summed E-state index contributed by atoms with van der Waals surface area (Å²) >= 11 is 4.89. The SMILES string of the molecule is Cc1ccc(OCC(=O)N/N=C/c2cc(Br)cs2)c(C)c1. The molecule has 0 radical (unpaired) electrons. The Morgan fingerprint density at radius 2 is 2.24 bits per heavy atom. The van der Waals surface area contributed by atoms with E-state index in [2.05, 4.69) is 26.5 Å². The molecule has 2 rings (SSSR count). The van der Waals surface area contributed by atoms with Crippen LogP contribution >= 0.6 is 27.3 Å². The van der Waals surface area contributed by atoms with Crippen LogP contribution in [0.25, 0.3) is 0 Å². The first-order chi connectivity index (χ1) is 10.0. The smallest absolute Gasteiger partial charge is 0.277 e. The molecule has 2 aromatic rings. The Hall–Kier alpha value is -1.66. The van der Waals surface area contributed by atoms with E-state index in [1.807, 2.05) is 43.5 Å². The average molecular weight is 367 g/mol. The van der Waals surface area contributed by atoms with Gasteiger partial charge < -0.3 is 4.74 Å². The summed E-state index contributed by atoms with van der Waals surface area (Å²) < 4.78 is 6.47. The van der Waals surface area contributed by atoms with Crippen molar-refractivity contribution >= 4 is 39.4 Å². The van der Waals surface area contributed by atoms with E-state index < -0.39 is 0 Å². The summed E-state index contributed by atoms with van der Waals surface area (Å²) in [6.07, 6.45) is 1.60. The minimum absolute atomic E-state index is 0.0601. The highest BCUT2D eigenvalue weighted by molar-refractivity contribution is 9.10. The maximum Gasteiger partial charge on any atom is 0.277 e. The summed E-state index contributed by atoms with van der Waals surface area (Å²) in [6.45, 7) is 3.91. The maximum absolute atomic E-state index is 11.6. The van der Waals surface area contributed by atoms with E-state index in [1.165, 1.54) is 11.3 Å². The maximum atomic E-state index is 11.6. The predicted molar refractivity (Wildman–Crippen MR) is 89.2 cm³/mol. The fraction of sp³-hybridized carbons (Fsp3) is 0.200. The highest BCUT2D eigenvalue weighted by atomic mass is 79.9. The molecule has 0 spiro atoms. The lowest BCUT2D eigenvalue weighted by atomic mass is 10.1. The van der Waals surface area contributed by atoms with Crippen LogP contribution in [0.4, 0.5) is 0 Å². The van der Waals surface area contributed by atoms with Crippen LogP contribution in [0.1, 0.15) is 16.0 Å². The number of hydrogen-bond donors (Lipinski definition) is 1. The number of aryl methyl sites for hydroxylation is 2. The van der Waals surface area contributed by atoms with Crippen molar-refractivity contribution in [2.45, 2.75) is 13.8 Å². The van der Waals surface area contributed by atoms with Crippen molar-refractivity contribution in [2.24, 2.45) is 5.10 Å². The number of thiophene rings is 1. The van der Waals surface area contributed by atoms with Gasteiger partial charge in [0.25, 0.3) is 5.91 Å². The standard InChI is InChI=1S/C15H15BrN2O2S/c1-10-3-4-14(11(2)5-10)20-8-15(19)18-17-7-13-6-12(16)9-21-13/h3-7,9H,8H2,1-2H3,(H,18,19)/b17-7+. The summed E-state index contributed by atoms with van der Waals surface area (Å²) in [6, 6.07) is 7.75. The van der Waals surface area contributed by atoms with Gasteiger partial charge in [-0.25, -0.2) is 5.43 Å². The molecule has 0 saturated carbocycles. The fourth-order valence-electron chi connectivity index (χ4n) is 1.70. The predicted octanol–water partition coefficient (Wildman–Crippen LogP) is 3.66. The van der Waals surface area contributed by atoms with E-state index in [0.717, 1.165) is 20.5 Å². The van der Waals surface area contributed by atoms with Crippen molar-refractivity contribution in [1.82, 2.24) is 5.43 Å². The number of hydrogen-bond acceptors (Lipinski definition) is 4. The van der Waals surface area contributed by atoms with Gasteiger partial charge in [0.15, 0.2) is 6.61 Å². The van der Waals surface area contributed by atoms with Gasteiger partial charge in [0.05, 0.1) is 6.21 Å². The third-order valence-corrected chi connectivity index (χ3v) is 4.29. The monoisotopic (exact) mass is 366 g/mol. The van der Waals surface area contributed by atoms with Gasteiger partial charge in [-0.05, 0) is 47.5 Å². The molecule has 1 N–H and O–H groups in total. The molecule has 1 aromatic heterocycles. The van der Waals surface area contributed by atoms with Crippen molar-refractivity contribution in [3.63, 3.8) is 0 Å². The summed E-state index contributed by atoms with van der Waals surface area (Å²) in [5, 5.41) is 5.84. The third kappa shape index (κ3) is 4.99. The highest BCUT2D eigenvalue weighted by Crippen LogP contribution is 2.19. The van der Waals surface area contributed by atoms with Gasteiger partial charge in [-0.2, -0.15) is 5.10 Å². The summed E-state index contributed by atoms with van der Waals surface area (Å²) in [7, 11) is 0. The van der Waals surface area contributed by atoms with Crippen LogP contribution in [-0.4, -0.2) is 18.7 Å². The zero-order chi connectivity index (χ0) is 15.2. The molecule has 1 aromatic carbocycles. The lowest BCUT2D eigenvalue weighted by Gasteiger charge is -2.08. The molecule has 21 heavy (non-hydrogen) atoms. The molecule has 0 fully saturated rings. The Balaban J connectivity index is 1.81. The van der Waals surface area contributed by atoms with Gasteiger partial charge in [-0.15, -0.1) is 11.3 Å². The number of nitrogens with zero attached hydrogens (tertiary/aromatic N) is 1. The van der Waals surface area contributed by atoms with Gasteiger partial charge in [-0.3, -0.25) is 4.79 Å². The van der Waals surface area contributed by atoms with Gasteiger partial charge in [0, 0.05) is 14.7 Å². The van der Waals surface area contributed by atoms with Gasteiger partial charge in [-0.1, -0.05) is 17.7 Å². The average Bonchev–Trinajstić information content (AvgIpc) is 2.83. The second-order valence-electron chi connectivity index (χ2n) is 4.52. The van der Waals surface area contributed by atoms with Gasteiger partial charge >= 0.3 is 0 Å². The third-order valence-electron chi connectivity index (χ3n) is 2.66. The van der Waals surface area contributed by atoms with Crippen LogP contribution in [0.2, 0.25) is 0 Å². The topological polar surface area (TPSA) is 50.7 Å². The lowest BCUT2D eigenvalue weighted by molar-refractivity contribution is -0.123. The van der Waals surface area contributed by atoms with E-state index in [1.54, 1.807) is 6.21 Å². The Kier molecular flexibility index (Phi) is 5.52. The number of amides is 1. The number of hydrazone groups is 1. The molecule has 0 aliphatic carbocycles. The molecule has 0 atom stereocenters. The Bertz CT molecular complexity index is 667. The number of halogens is 1. The molecular formula is C15H15BrN2O2S. The van der Waals surface area contributed by atoms with E-state index in [9.17, 15) is 4.79 Å². The van der Waals surface area contributed by atoms with Crippen molar-refractivity contribution in [1.29, 1.82) is 0 Å². The lowest BCUT2D eigenvalue weighted by Crippen LogP contribution is -2.24. The van der Waals surface area contributed by atoms with Gasteiger partial charge in [0.1, 0.15) is 5.75 Å². The number of carbonyl (C=O) groups is 1. The number of ether oxygens (including phenoxy) is 1. The van der Waals surface area contributed by atoms with Crippen molar-refractivity contribution in [2.75, 3.05) is 6.61 Å². The Morgan fingerprint density at radius 3 is 2.90 bits per heavy atom. The normalized spacial score (nSPS) is 10.8. The fourth-order valence-corrected chi connectivity index (χ4v) is 3.00. The quantitative estimate of drug-likeness (QED) is 0.648. The first kappa shape index (κ1) is 15.7. The zero-order valence-electron chi connectivity index (χ0n) is 11.7. The molecule has 4 nitrogen and oxygen atoms in total. The summed E-state index contributed by atoms with van der Waals surface area (Å²) in [4.78, 5) is 12.6. The van der Waals surface area contributed by atoms with Crippen LogP contribution < -0.4 is 10.2 Å². The molecule has 1 amide bonds. The van der Waals surface area contributed by atoms with Crippen LogP contribution in [0, 0.1) is 13.8 Å². The minimum atomic E-state index is -0.290. The first-order valence-electron chi connectivity index (χ1n) is 6.30. The Labute approximate surface area is 136 Å². The number of nitrogens with one attached hydrogen (secondary N) is 1. The minimum Gasteiger partial charge on any atom is -0.483 e. The van der Waals surface area contributed by atoms with Crippen molar-refractivity contribution in [3.05, 3.63) is 50.1 Å².